The standard InChI is InChI=1S/C13H20N4O2/c1-13(2,3)19-12(18)17-8-6-10(9-17)15-11-5-4-7-14-16-11/h4-5,7,10H,6,8-9H2,1-3H3,(H,15,16)/t10-/m1/s1. The first-order valence-electron chi connectivity index (χ1n) is 6.46. The van der Waals surface area contributed by atoms with Gasteiger partial charge in [-0.1, -0.05) is 0 Å². The molecule has 1 aliphatic heterocycles. The average molecular weight is 264 g/mol. The summed E-state index contributed by atoms with van der Waals surface area (Å²) in [7, 11) is 0. The Hall–Kier alpha value is -1.85. The van der Waals surface area contributed by atoms with Crippen molar-refractivity contribution in [3.05, 3.63) is 18.3 Å². The maximum atomic E-state index is 11.9. The first kappa shape index (κ1) is 13.6. The first-order valence-corrected chi connectivity index (χ1v) is 6.46. The molecule has 2 heterocycles. The highest BCUT2D eigenvalue weighted by Crippen LogP contribution is 2.17. The lowest BCUT2D eigenvalue weighted by atomic mass is 10.2. The average Bonchev–Trinajstić information content (AvgIpc) is 2.77. The van der Waals surface area contributed by atoms with Crippen molar-refractivity contribution in [2.75, 3.05) is 18.4 Å². The number of amides is 1. The van der Waals surface area contributed by atoms with Gasteiger partial charge in [0.05, 0.1) is 0 Å². The molecule has 6 heteroatoms. The van der Waals surface area contributed by atoms with Gasteiger partial charge in [0.2, 0.25) is 0 Å². The number of rotatable bonds is 2. The molecule has 0 spiro atoms. The molecule has 1 amide bonds. The number of hydrogen-bond donors (Lipinski definition) is 1. The Labute approximate surface area is 113 Å². The third kappa shape index (κ3) is 4.08. The Morgan fingerprint density at radius 3 is 2.95 bits per heavy atom. The maximum Gasteiger partial charge on any atom is 0.410 e. The lowest BCUT2D eigenvalue weighted by Crippen LogP contribution is -2.36. The van der Waals surface area contributed by atoms with E-state index in [4.69, 9.17) is 4.74 Å². The highest BCUT2D eigenvalue weighted by atomic mass is 16.6. The van der Waals surface area contributed by atoms with Crippen LogP contribution in [0.25, 0.3) is 0 Å². The summed E-state index contributed by atoms with van der Waals surface area (Å²) in [5.74, 6) is 0.735. The molecule has 104 valence electrons. The van der Waals surface area contributed by atoms with Gasteiger partial charge in [0.1, 0.15) is 11.4 Å². The van der Waals surface area contributed by atoms with Crippen molar-refractivity contribution in [1.82, 2.24) is 15.1 Å². The molecule has 1 saturated heterocycles. The van der Waals surface area contributed by atoms with Gasteiger partial charge in [-0.25, -0.2) is 4.79 Å². The molecule has 0 aromatic carbocycles. The summed E-state index contributed by atoms with van der Waals surface area (Å²) in [6.07, 6.45) is 2.26. The molecule has 1 aromatic heterocycles. The fourth-order valence-electron chi connectivity index (χ4n) is 1.96. The third-order valence-corrected chi connectivity index (χ3v) is 2.76. The van der Waals surface area contributed by atoms with Gasteiger partial charge in [-0.2, -0.15) is 5.10 Å². The van der Waals surface area contributed by atoms with Gasteiger partial charge in [-0.3, -0.25) is 0 Å². The number of nitrogens with one attached hydrogen (secondary N) is 1. The Morgan fingerprint density at radius 1 is 1.53 bits per heavy atom. The van der Waals surface area contributed by atoms with E-state index in [1.807, 2.05) is 32.9 Å². The molecule has 1 N–H and O–H groups in total. The molecule has 0 bridgehead atoms. The lowest BCUT2D eigenvalue weighted by molar-refractivity contribution is 0.0293. The topological polar surface area (TPSA) is 67.3 Å². The van der Waals surface area contributed by atoms with Crippen LogP contribution in [0.5, 0.6) is 0 Å². The minimum atomic E-state index is -0.451. The Balaban J connectivity index is 1.85. The molecule has 1 atom stereocenters. The quantitative estimate of drug-likeness (QED) is 0.883. The highest BCUT2D eigenvalue weighted by Gasteiger charge is 2.29. The van der Waals surface area contributed by atoms with Crippen molar-refractivity contribution in [3.63, 3.8) is 0 Å². The van der Waals surface area contributed by atoms with Crippen LogP contribution in [0.3, 0.4) is 0 Å². The van der Waals surface area contributed by atoms with Gasteiger partial charge in [0.15, 0.2) is 0 Å². The zero-order valence-corrected chi connectivity index (χ0v) is 11.6. The number of carbonyl (C=O) groups excluding carboxylic acids is 1. The molecule has 1 aliphatic rings. The Bertz CT molecular complexity index is 430. The molecular weight excluding hydrogens is 244 g/mol. The molecule has 0 saturated carbocycles. The largest absolute Gasteiger partial charge is 0.444 e. The van der Waals surface area contributed by atoms with Crippen molar-refractivity contribution in [2.24, 2.45) is 0 Å². The van der Waals surface area contributed by atoms with Crippen LogP contribution >= 0.6 is 0 Å². The number of ether oxygens (including phenoxy) is 1. The van der Waals surface area contributed by atoms with Gasteiger partial charge in [0, 0.05) is 25.3 Å². The molecular formula is C13H20N4O2. The van der Waals surface area contributed by atoms with Crippen molar-refractivity contribution < 1.29 is 9.53 Å². The van der Waals surface area contributed by atoms with E-state index in [1.54, 1.807) is 11.1 Å². The molecule has 0 radical (unpaired) electrons. The molecule has 1 aromatic rings. The van der Waals surface area contributed by atoms with Crippen molar-refractivity contribution in [3.8, 4) is 0 Å². The van der Waals surface area contributed by atoms with Crippen molar-refractivity contribution in [2.45, 2.75) is 38.8 Å². The lowest BCUT2D eigenvalue weighted by Gasteiger charge is -2.24. The van der Waals surface area contributed by atoms with E-state index in [-0.39, 0.29) is 12.1 Å². The second-order valence-corrected chi connectivity index (χ2v) is 5.67. The van der Waals surface area contributed by atoms with Crippen molar-refractivity contribution in [1.29, 1.82) is 0 Å². The fraction of sp³-hybridized carbons (Fsp3) is 0.615. The van der Waals surface area contributed by atoms with Crippen LogP contribution in [-0.4, -0.2) is 45.9 Å². The molecule has 0 unspecified atom stereocenters. The molecule has 1 fully saturated rings. The summed E-state index contributed by atoms with van der Waals surface area (Å²) >= 11 is 0. The smallest absolute Gasteiger partial charge is 0.410 e. The van der Waals surface area contributed by atoms with Crippen LogP contribution in [0.15, 0.2) is 18.3 Å². The van der Waals surface area contributed by atoms with E-state index in [9.17, 15) is 4.79 Å². The fourth-order valence-corrected chi connectivity index (χ4v) is 1.96. The molecule has 0 aliphatic carbocycles. The van der Waals surface area contributed by atoms with E-state index in [0.717, 1.165) is 12.2 Å². The summed E-state index contributed by atoms with van der Waals surface area (Å²) in [4.78, 5) is 13.6. The number of nitrogens with zero attached hydrogens (tertiary/aromatic N) is 3. The molecule has 2 rings (SSSR count). The van der Waals surface area contributed by atoms with E-state index >= 15 is 0 Å². The van der Waals surface area contributed by atoms with Crippen LogP contribution in [0, 0.1) is 0 Å². The normalized spacial score (nSPS) is 19.3. The first-order chi connectivity index (χ1) is 8.94. The summed E-state index contributed by atoms with van der Waals surface area (Å²) in [5, 5.41) is 11.1. The van der Waals surface area contributed by atoms with E-state index in [1.165, 1.54) is 0 Å². The van der Waals surface area contributed by atoms with Crippen LogP contribution in [0.1, 0.15) is 27.2 Å². The minimum absolute atomic E-state index is 0.198. The SMILES string of the molecule is CC(C)(C)OC(=O)N1CC[C@@H](Nc2cccnn2)C1. The predicted molar refractivity (Wildman–Crippen MR) is 71.9 cm³/mol. The van der Waals surface area contributed by atoms with Gasteiger partial charge in [-0.15, -0.1) is 5.10 Å². The molecule has 6 nitrogen and oxygen atoms in total. The minimum Gasteiger partial charge on any atom is -0.444 e. The van der Waals surface area contributed by atoms with Crippen LogP contribution in [0.4, 0.5) is 10.6 Å². The summed E-state index contributed by atoms with van der Waals surface area (Å²) in [5.41, 5.74) is -0.451. The highest BCUT2D eigenvalue weighted by molar-refractivity contribution is 5.68. The number of hydrogen-bond acceptors (Lipinski definition) is 5. The maximum absolute atomic E-state index is 11.9. The Morgan fingerprint density at radius 2 is 2.32 bits per heavy atom. The Kier molecular flexibility index (Phi) is 3.87. The second kappa shape index (κ2) is 5.42. The second-order valence-electron chi connectivity index (χ2n) is 5.67. The van der Waals surface area contributed by atoms with Gasteiger partial charge in [-0.05, 0) is 39.3 Å². The number of likely N-dealkylation sites (tertiary alicyclic amines) is 1. The summed E-state index contributed by atoms with van der Waals surface area (Å²) < 4.78 is 5.35. The van der Waals surface area contributed by atoms with E-state index in [2.05, 4.69) is 15.5 Å². The monoisotopic (exact) mass is 264 g/mol. The number of carbonyl (C=O) groups is 1. The van der Waals surface area contributed by atoms with Crippen LogP contribution in [0.2, 0.25) is 0 Å². The van der Waals surface area contributed by atoms with Crippen LogP contribution in [-0.2, 0) is 4.74 Å². The van der Waals surface area contributed by atoms with Gasteiger partial charge >= 0.3 is 6.09 Å². The van der Waals surface area contributed by atoms with Gasteiger partial charge < -0.3 is 15.0 Å². The van der Waals surface area contributed by atoms with Gasteiger partial charge in [0.25, 0.3) is 0 Å². The summed E-state index contributed by atoms with van der Waals surface area (Å²) in [6, 6.07) is 3.89. The van der Waals surface area contributed by atoms with Crippen LogP contribution < -0.4 is 5.32 Å². The zero-order valence-electron chi connectivity index (χ0n) is 11.6. The van der Waals surface area contributed by atoms with E-state index in [0.29, 0.717) is 13.1 Å². The third-order valence-electron chi connectivity index (χ3n) is 2.76. The number of anilines is 1. The summed E-state index contributed by atoms with van der Waals surface area (Å²) in [6.45, 7) is 6.95. The predicted octanol–water partition coefficient (Wildman–Crippen LogP) is 1.90. The number of aromatic nitrogens is 2. The zero-order chi connectivity index (χ0) is 13.9. The van der Waals surface area contributed by atoms with E-state index < -0.39 is 5.60 Å². The molecule has 19 heavy (non-hydrogen) atoms. The van der Waals surface area contributed by atoms with Crippen molar-refractivity contribution >= 4 is 11.9 Å².